The van der Waals surface area contributed by atoms with Crippen molar-refractivity contribution in [1.82, 2.24) is 48.7 Å². The van der Waals surface area contributed by atoms with Crippen LogP contribution in [-0.4, -0.2) is 195 Å². The van der Waals surface area contributed by atoms with Crippen molar-refractivity contribution >= 4 is 134 Å². The first-order valence-electron chi connectivity index (χ1n) is 44.3. The smallest absolute Gasteiger partial charge is 0.410 e. The molecule has 2 N–H and O–H groups in total. The largest absolute Gasteiger partial charge is 0.458 e. The fourth-order valence-corrected chi connectivity index (χ4v) is 18.6. The van der Waals surface area contributed by atoms with Crippen molar-refractivity contribution in [2.24, 2.45) is 15.0 Å². The Labute approximate surface area is 743 Å². The molecule has 0 radical (unpaired) electrons. The van der Waals surface area contributed by atoms with E-state index in [1.54, 1.807) is 80.5 Å². The van der Waals surface area contributed by atoms with Crippen molar-refractivity contribution in [2.75, 3.05) is 88.7 Å². The number of aliphatic hydroxyl groups is 1. The second kappa shape index (κ2) is 35.3. The summed E-state index contributed by atoms with van der Waals surface area (Å²) in [6.07, 6.45) is 14.6. The van der Waals surface area contributed by atoms with Gasteiger partial charge in [0.2, 0.25) is 23.0 Å². The number of fused-ring (bicyclic) bond motifs is 15. The third-order valence-electron chi connectivity index (χ3n) is 25.4. The number of benzene rings is 3. The summed E-state index contributed by atoms with van der Waals surface area (Å²) in [5.74, 6) is -4.81. The maximum atomic E-state index is 14.2. The number of aromatic nitrogens is 6. The molecule has 0 bridgehead atoms. The quantitative estimate of drug-likeness (QED) is 0.0305. The Morgan fingerprint density at radius 1 is 0.465 bits per heavy atom. The van der Waals surface area contributed by atoms with Crippen LogP contribution in [0.15, 0.2) is 102 Å². The Balaban J connectivity index is 0.000000144. The number of carbonyl (C=O) groups excluding carboxylic acids is 8. The van der Waals surface area contributed by atoms with E-state index in [1.165, 1.54) is 26.0 Å². The number of nitrogens with zero attached hydrogens (tertiary/aromatic N) is 15. The molecule has 3 amide bonds. The molecule has 9 aromatic rings. The molecule has 18 rings (SSSR count). The highest BCUT2D eigenvalue weighted by Gasteiger charge is 2.54. The topological polar surface area (TPSA) is 385 Å². The summed E-state index contributed by atoms with van der Waals surface area (Å²) >= 11 is 0. The average Bonchev–Trinajstić information content (AvgIpc) is 1.57. The number of carbonyl (C=O) groups is 8. The molecule has 9 aliphatic rings. The van der Waals surface area contributed by atoms with Gasteiger partial charge in [-0.15, -0.1) is 0 Å². The number of cyclic esters (lactones) is 3. The number of anilines is 3. The molecule has 0 saturated carbocycles. The van der Waals surface area contributed by atoms with E-state index in [0.29, 0.717) is 63.9 Å². The molecule has 0 unspecified atom stereocenters. The van der Waals surface area contributed by atoms with Crippen LogP contribution in [-0.2, 0) is 118 Å². The predicted molar refractivity (Wildman–Crippen MR) is 484 cm³/mol. The van der Waals surface area contributed by atoms with Gasteiger partial charge in [-0.2, -0.15) is 0 Å². The highest BCUT2D eigenvalue weighted by atomic mass is 16.6. The Morgan fingerprint density at radius 3 is 1.17 bits per heavy atom. The summed E-state index contributed by atoms with van der Waals surface area (Å²) in [5.41, 5.74) is 8.59. The molecule has 674 valence electrons. The van der Waals surface area contributed by atoms with Crippen LogP contribution in [0.25, 0.3) is 66.9 Å². The molecular weight excluding hydrogens is 1650 g/mol. The lowest BCUT2D eigenvalue weighted by Crippen LogP contribution is -2.49. The number of aliphatic imine (C=N–C) groups is 3. The monoisotopic (exact) mass is 1760 g/mol. The Hall–Kier alpha value is -13.4. The van der Waals surface area contributed by atoms with Crippen LogP contribution in [0.3, 0.4) is 0 Å². The molecule has 34 heteroatoms. The maximum Gasteiger partial charge on any atom is 0.410 e. The molecule has 0 saturated heterocycles. The van der Waals surface area contributed by atoms with Gasteiger partial charge in [0.1, 0.15) is 45.1 Å². The van der Waals surface area contributed by atoms with E-state index in [2.05, 4.69) is 45.8 Å². The number of ether oxygens (including phenoxy) is 6. The van der Waals surface area contributed by atoms with Gasteiger partial charge in [-0.25, -0.2) is 49.1 Å². The zero-order chi connectivity index (χ0) is 91.6. The zero-order valence-corrected chi connectivity index (χ0v) is 74.9. The van der Waals surface area contributed by atoms with Crippen molar-refractivity contribution in [2.45, 2.75) is 201 Å². The second-order valence-corrected chi connectivity index (χ2v) is 34.9. The highest BCUT2D eigenvalue weighted by molar-refractivity contribution is 6.14. The number of hydrogen-bond acceptors (Lipinski definition) is 28. The van der Waals surface area contributed by atoms with Crippen LogP contribution < -0.4 is 36.7 Å². The number of nitrogens with one attached hydrogen (secondary N) is 1. The van der Waals surface area contributed by atoms with Crippen molar-refractivity contribution in [3.63, 3.8) is 0 Å². The summed E-state index contributed by atoms with van der Waals surface area (Å²) in [6, 6.07) is 22.7. The van der Waals surface area contributed by atoms with E-state index in [9.17, 15) is 57.8 Å². The average molecular weight is 1760 g/mol. The van der Waals surface area contributed by atoms with E-state index >= 15 is 0 Å². The number of unbranched alkanes of at least 4 members (excludes halogenated alkanes) is 6. The molecule has 0 aliphatic carbocycles. The second-order valence-electron chi connectivity index (χ2n) is 34.9. The van der Waals surface area contributed by atoms with Crippen molar-refractivity contribution in [1.29, 1.82) is 0 Å². The Morgan fingerprint density at radius 2 is 0.822 bits per heavy atom. The normalized spacial score (nSPS) is 17.9. The third-order valence-corrected chi connectivity index (χ3v) is 25.4. The number of pyridine rings is 6. The Bertz CT molecular complexity index is 6480. The highest BCUT2D eigenvalue weighted by Crippen LogP contribution is 2.52. The van der Waals surface area contributed by atoms with Gasteiger partial charge in [0, 0.05) is 74.2 Å². The van der Waals surface area contributed by atoms with Gasteiger partial charge in [-0.3, -0.25) is 33.6 Å². The molecule has 15 heterocycles. The first kappa shape index (κ1) is 89.0. The number of rotatable bonds is 25. The van der Waals surface area contributed by atoms with E-state index < -0.39 is 70.8 Å². The summed E-state index contributed by atoms with van der Waals surface area (Å²) in [7, 11) is 5.91. The zero-order valence-electron chi connectivity index (χ0n) is 74.9. The van der Waals surface area contributed by atoms with Crippen molar-refractivity contribution in [3.05, 3.63) is 154 Å². The lowest BCUT2D eigenvalue weighted by molar-refractivity contribution is -0.190. The minimum absolute atomic E-state index is 0.0270. The number of amides is 3. The van der Waals surface area contributed by atoms with E-state index in [4.69, 9.17) is 53.4 Å². The van der Waals surface area contributed by atoms with Gasteiger partial charge in [-0.05, 0) is 121 Å². The SMILES string of the molecule is CCCCCN1C=Nc2cccc3nc4c(c1c23)Cn1c-4cc2c(c1=O)COC(=O)[C@@]2(CC)OC(=O)CN(C)C(=O)CN(C)C(=O)OC(C)(C)C.CCCCCN1C=Nc2cccc3nc4c(c1c23)Cn1c-4cc2c(c1=O)COC(=O)[C@@]2(CC)OC(=O)CN(C)C(=O)CNC.CCCCCN1C=Nc2cccc3nc4c(c1c23)Cn1c-4cc2c(c1=O)COC(=O)[C@]2(O)CC. The molecule has 0 spiro atoms. The molecular formula is C95H106N16O18. The standard InChI is InChI=1S/C37H44N6O8.C32H36N6O6.C26H26N4O4/c1-8-10-11-15-42-21-38-25-13-12-14-26-30(25)32(42)22-17-43-27(31(22)39-26)16-24-23(33(43)46)20-49-34(47)37(24,9-2)50-29(45)19-40(6)28(44)18-41(7)35(48)51-36(3,4)5;1-5-7-8-12-37-18-34-22-10-9-11-23-27(22)29(37)19-15-38-24(28(19)35-23)13-21-20(30(38)41)17-43-31(42)32(21,6-2)44-26(40)16-36(4)25(39)14-33-3;1-3-5-6-10-29-14-27-18-8-7-9-19-21(18)23(29)15-12-30-20(22(15)28-19)11-17-16(24(30)31)13-34-25(32)26(17,33)4-2/h12-14,16,21H,8-11,15,17-20H2,1-7H3;9-11,13,18,33H,5-8,12,14-17H2,1-4H3;7-9,11,14,33H,3-6,10,12-13H2,1-2H3/t37-;32-;26-/m000/s1. The summed E-state index contributed by atoms with van der Waals surface area (Å²) < 4.78 is 38.2. The molecule has 6 aromatic heterocycles. The minimum atomic E-state index is -1.93. The van der Waals surface area contributed by atoms with Crippen LogP contribution in [0.1, 0.15) is 189 Å². The molecule has 9 aliphatic heterocycles. The lowest BCUT2D eigenvalue weighted by atomic mass is 9.85. The third kappa shape index (κ3) is 15.7. The van der Waals surface area contributed by atoms with Gasteiger partial charge in [0.25, 0.3) is 16.7 Å². The summed E-state index contributed by atoms with van der Waals surface area (Å²) in [5, 5.41) is 16.7. The van der Waals surface area contributed by atoms with Crippen molar-refractivity contribution < 1.29 is 71.9 Å². The fraction of sp³-hybridized carbons (Fsp3) is 0.442. The van der Waals surface area contributed by atoms with Crippen LogP contribution >= 0.6 is 0 Å². The van der Waals surface area contributed by atoms with Gasteiger partial charge in [0.05, 0.1) is 163 Å². The molecule has 34 nitrogen and oxygen atoms in total. The van der Waals surface area contributed by atoms with E-state index in [0.717, 1.165) is 171 Å². The summed E-state index contributed by atoms with van der Waals surface area (Å²) in [6.45, 7) is 18.2. The van der Waals surface area contributed by atoms with E-state index in [1.807, 2.05) is 73.6 Å². The van der Waals surface area contributed by atoms with Gasteiger partial charge in [-0.1, -0.05) is 98.3 Å². The van der Waals surface area contributed by atoms with Crippen LogP contribution in [0, 0.1) is 0 Å². The number of esters is 5. The summed E-state index contributed by atoms with van der Waals surface area (Å²) in [4.78, 5) is 184. The predicted octanol–water partition coefficient (Wildman–Crippen LogP) is 11.4. The van der Waals surface area contributed by atoms with Crippen molar-refractivity contribution in [3.8, 4) is 34.2 Å². The molecule has 129 heavy (non-hydrogen) atoms. The number of likely N-dealkylation sites (N-methyl/N-ethyl adjacent to an activating group) is 4. The van der Waals surface area contributed by atoms with Gasteiger partial charge >= 0.3 is 35.9 Å². The van der Waals surface area contributed by atoms with E-state index in [-0.39, 0.29) is 105 Å². The maximum absolute atomic E-state index is 14.2. The molecule has 0 fully saturated rings. The Kier molecular flexibility index (Phi) is 24.4. The first-order valence-corrected chi connectivity index (χ1v) is 44.3. The van der Waals surface area contributed by atoms with Gasteiger partial charge < -0.3 is 81.9 Å². The first-order chi connectivity index (χ1) is 61.9. The van der Waals surface area contributed by atoms with Crippen LogP contribution in [0.4, 0.5) is 38.9 Å². The molecule has 3 atom stereocenters. The van der Waals surface area contributed by atoms with Crippen LogP contribution in [0.2, 0.25) is 0 Å². The van der Waals surface area contributed by atoms with Gasteiger partial charge in [0.15, 0.2) is 5.60 Å². The molecule has 3 aromatic carbocycles. The minimum Gasteiger partial charge on any atom is -0.458 e. The fourth-order valence-electron chi connectivity index (χ4n) is 18.6. The van der Waals surface area contributed by atoms with Crippen LogP contribution in [0.5, 0.6) is 0 Å². The lowest BCUT2D eigenvalue weighted by Gasteiger charge is -2.36. The number of hydrogen-bond donors (Lipinski definition) is 2.